The second-order valence-electron chi connectivity index (χ2n) is 5.65. The second-order valence-corrected chi connectivity index (χ2v) is 5.65. The van der Waals surface area contributed by atoms with Crippen molar-refractivity contribution in [1.29, 1.82) is 0 Å². The third kappa shape index (κ3) is 4.35. The Hall–Kier alpha value is -1.35. The highest BCUT2D eigenvalue weighted by Crippen LogP contribution is 2.12. The fraction of sp³-hybridized carbons (Fsp3) is 0.562. The Kier molecular flexibility index (Phi) is 4.97. The van der Waals surface area contributed by atoms with Gasteiger partial charge in [0.15, 0.2) is 0 Å². The first-order valence-corrected chi connectivity index (χ1v) is 7.15. The van der Waals surface area contributed by atoms with Crippen LogP contribution in [0.25, 0.3) is 0 Å². The van der Waals surface area contributed by atoms with E-state index in [1.807, 2.05) is 24.1 Å². The topological polar surface area (TPSA) is 32.3 Å². The van der Waals surface area contributed by atoms with Crippen LogP contribution in [0.4, 0.5) is 0 Å². The molecular weight excluding hydrogens is 236 g/mol. The molecule has 3 heteroatoms. The van der Waals surface area contributed by atoms with Gasteiger partial charge in [-0.05, 0) is 44.3 Å². The van der Waals surface area contributed by atoms with Gasteiger partial charge in [-0.15, -0.1) is 0 Å². The number of carbonyl (C=O) groups excluding carboxylic acids is 1. The molecule has 1 unspecified atom stereocenters. The van der Waals surface area contributed by atoms with Crippen molar-refractivity contribution >= 4 is 5.91 Å². The van der Waals surface area contributed by atoms with Gasteiger partial charge in [-0.25, -0.2) is 0 Å². The molecule has 19 heavy (non-hydrogen) atoms. The van der Waals surface area contributed by atoms with E-state index < -0.39 is 0 Å². The normalized spacial score (nSPS) is 19.2. The number of piperidine rings is 1. The van der Waals surface area contributed by atoms with Crippen LogP contribution in [-0.2, 0) is 11.2 Å². The lowest BCUT2D eigenvalue weighted by Crippen LogP contribution is -2.39. The zero-order valence-corrected chi connectivity index (χ0v) is 12.0. The minimum absolute atomic E-state index is 0.219. The van der Waals surface area contributed by atoms with Gasteiger partial charge in [-0.1, -0.05) is 29.8 Å². The summed E-state index contributed by atoms with van der Waals surface area (Å²) in [5, 5.41) is 3.40. The number of rotatable bonds is 4. The zero-order chi connectivity index (χ0) is 13.7. The monoisotopic (exact) mass is 260 g/mol. The predicted molar refractivity (Wildman–Crippen MR) is 78.1 cm³/mol. The van der Waals surface area contributed by atoms with Crippen LogP contribution in [0.1, 0.15) is 24.0 Å². The van der Waals surface area contributed by atoms with Crippen molar-refractivity contribution in [1.82, 2.24) is 10.2 Å². The van der Waals surface area contributed by atoms with Crippen molar-refractivity contribution < 1.29 is 4.79 Å². The van der Waals surface area contributed by atoms with Crippen molar-refractivity contribution in [2.24, 2.45) is 5.92 Å². The molecule has 1 N–H and O–H groups in total. The van der Waals surface area contributed by atoms with E-state index in [2.05, 4.69) is 24.4 Å². The van der Waals surface area contributed by atoms with E-state index in [0.29, 0.717) is 12.3 Å². The van der Waals surface area contributed by atoms with Gasteiger partial charge in [0.2, 0.25) is 5.91 Å². The van der Waals surface area contributed by atoms with Crippen LogP contribution in [0, 0.1) is 12.8 Å². The first-order chi connectivity index (χ1) is 9.15. The van der Waals surface area contributed by atoms with Crippen LogP contribution >= 0.6 is 0 Å². The predicted octanol–water partition coefficient (Wildman–Crippen LogP) is 2.00. The molecule has 1 saturated heterocycles. The third-order valence-corrected chi connectivity index (χ3v) is 3.79. The Labute approximate surface area is 116 Å². The number of nitrogens with one attached hydrogen (secondary N) is 1. The van der Waals surface area contributed by atoms with E-state index >= 15 is 0 Å². The maximum atomic E-state index is 12.2. The Morgan fingerprint density at radius 1 is 1.47 bits per heavy atom. The van der Waals surface area contributed by atoms with Gasteiger partial charge >= 0.3 is 0 Å². The molecule has 0 saturated carbocycles. The van der Waals surface area contributed by atoms with Crippen molar-refractivity contribution in [2.45, 2.75) is 26.2 Å². The van der Waals surface area contributed by atoms with Gasteiger partial charge in [0.1, 0.15) is 0 Å². The molecule has 104 valence electrons. The molecule has 2 rings (SSSR count). The van der Waals surface area contributed by atoms with E-state index in [4.69, 9.17) is 0 Å². The molecule has 1 aliphatic rings. The molecule has 0 radical (unpaired) electrons. The Morgan fingerprint density at radius 2 is 2.32 bits per heavy atom. The van der Waals surface area contributed by atoms with Crippen LogP contribution in [0.3, 0.4) is 0 Å². The lowest BCUT2D eigenvalue weighted by Gasteiger charge is -2.27. The molecular formula is C16H24N2O. The molecule has 0 aromatic heterocycles. The summed E-state index contributed by atoms with van der Waals surface area (Å²) >= 11 is 0. The van der Waals surface area contributed by atoms with Crippen LogP contribution in [0.5, 0.6) is 0 Å². The summed E-state index contributed by atoms with van der Waals surface area (Å²) in [6.07, 6.45) is 2.97. The highest BCUT2D eigenvalue weighted by atomic mass is 16.2. The van der Waals surface area contributed by atoms with Gasteiger partial charge in [0.25, 0.3) is 0 Å². The molecule has 1 aliphatic heterocycles. The van der Waals surface area contributed by atoms with Gasteiger partial charge in [-0.2, -0.15) is 0 Å². The number of carbonyl (C=O) groups is 1. The number of benzene rings is 1. The first-order valence-electron chi connectivity index (χ1n) is 7.15. The summed E-state index contributed by atoms with van der Waals surface area (Å²) in [6, 6.07) is 8.20. The Balaban J connectivity index is 1.84. The summed E-state index contributed by atoms with van der Waals surface area (Å²) in [6.45, 7) is 5.10. The van der Waals surface area contributed by atoms with Gasteiger partial charge < -0.3 is 10.2 Å². The summed E-state index contributed by atoms with van der Waals surface area (Å²) in [5.74, 6) is 0.830. The quantitative estimate of drug-likeness (QED) is 0.898. The van der Waals surface area contributed by atoms with Crippen molar-refractivity contribution in [3.8, 4) is 0 Å². The number of hydrogen-bond acceptors (Lipinski definition) is 2. The van der Waals surface area contributed by atoms with E-state index in [-0.39, 0.29) is 5.91 Å². The zero-order valence-electron chi connectivity index (χ0n) is 12.0. The minimum Gasteiger partial charge on any atom is -0.345 e. The minimum atomic E-state index is 0.219. The average Bonchev–Trinajstić information content (AvgIpc) is 2.40. The van der Waals surface area contributed by atoms with E-state index in [1.165, 1.54) is 18.4 Å². The molecule has 0 spiro atoms. The number of nitrogens with zero attached hydrogens (tertiary/aromatic N) is 1. The fourth-order valence-corrected chi connectivity index (χ4v) is 2.70. The Morgan fingerprint density at radius 3 is 3.00 bits per heavy atom. The van der Waals surface area contributed by atoms with Crippen LogP contribution < -0.4 is 5.32 Å². The fourth-order valence-electron chi connectivity index (χ4n) is 2.70. The molecule has 0 aliphatic carbocycles. The summed E-state index contributed by atoms with van der Waals surface area (Å²) in [5.41, 5.74) is 2.32. The second kappa shape index (κ2) is 6.71. The molecule has 1 heterocycles. The standard InChI is InChI=1S/C16H24N2O/c1-13-5-3-6-14(9-13)10-16(19)18(2)12-15-7-4-8-17-11-15/h3,5-6,9,15,17H,4,7-8,10-12H2,1-2H3. The summed E-state index contributed by atoms with van der Waals surface area (Å²) in [7, 11) is 1.92. The van der Waals surface area contributed by atoms with E-state index in [1.54, 1.807) is 0 Å². The molecule has 1 aromatic carbocycles. The summed E-state index contributed by atoms with van der Waals surface area (Å²) in [4.78, 5) is 14.1. The number of likely N-dealkylation sites (N-methyl/N-ethyl adjacent to an activating group) is 1. The largest absolute Gasteiger partial charge is 0.345 e. The lowest BCUT2D eigenvalue weighted by atomic mass is 9.99. The van der Waals surface area contributed by atoms with E-state index in [0.717, 1.165) is 25.2 Å². The molecule has 0 bridgehead atoms. The SMILES string of the molecule is Cc1cccc(CC(=O)N(C)CC2CCCNC2)c1. The third-order valence-electron chi connectivity index (χ3n) is 3.79. The van der Waals surface area contributed by atoms with Gasteiger partial charge in [-0.3, -0.25) is 4.79 Å². The van der Waals surface area contributed by atoms with Crippen molar-refractivity contribution in [3.05, 3.63) is 35.4 Å². The Bertz CT molecular complexity index is 425. The molecule has 1 aromatic rings. The number of aryl methyl sites for hydroxylation is 1. The van der Waals surface area contributed by atoms with Crippen molar-refractivity contribution in [2.75, 3.05) is 26.7 Å². The van der Waals surface area contributed by atoms with Crippen molar-refractivity contribution in [3.63, 3.8) is 0 Å². The maximum Gasteiger partial charge on any atom is 0.226 e. The smallest absolute Gasteiger partial charge is 0.226 e. The van der Waals surface area contributed by atoms with Crippen LogP contribution in [0.15, 0.2) is 24.3 Å². The lowest BCUT2D eigenvalue weighted by molar-refractivity contribution is -0.129. The molecule has 1 atom stereocenters. The molecule has 3 nitrogen and oxygen atoms in total. The number of hydrogen-bond donors (Lipinski definition) is 1. The molecule has 1 amide bonds. The number of amides is 1. The van der Waals surface area contributed by atoms with Crippen LogP contribution in [0.2, 0.25) is 0 Å². The molecule has 1 fully saturated rings. The summed E-state index contributed by atoms with van der Waals surface area (Å²) < 4.78 is 0. The highest BCUT2D eigenvalue weighted by molar-refractivity contribution is 5.78. The van der Waals surface area contributed by atoms with Gasteiger partial charge in [0, 0.05) is 13.6 Å². The highest BCUT2D eigenvalue weighted by Gasteiger charge is 2.18. The van der Waals surface area contributed by atoms with E-state index in [9.17, 15) is 4.79 Å². The maximum absolute atomic E-state index is 12.2. The first kappa shape index (κ1) is 14.1. The van der Waals surface area contributed by atoms with Crippen LogP contribution in [-0.4, -0.2) is 37.5 Å². The van der Waals surface area contributed by atoms with Gasteiger partial charge in [0.05, 0.1) is 6.42 Å². The average molecular weight is 260 g/mol.